The maximum Gasteiger partial charge on any atom is 0.00504 e. The van der Waals surface area contributed by atoms with Crippen molar-refractivity contribution >= 4 is 50.5 Å². The van der Waals surface area contributed by atoms with Crippen LogP contribution in [0.3, 0.4) is 0 Å². The van der Waals surface area contributed by atoms with Crippen LogP contribution in [-0.2, 0) is 0 Å². The fourth-order valence-electron chi connectivity index (χ4n) is 5.84. The highest BCUT2D eigenvalue weighted by Gasteiger charge is 2.44. The molecule has 4 fully saturated rings. The van der Waals surface area contributed by atoms with E-state index < -0.39 is 0 Å². The van der Waals surface area contributed by atoms with Gasteiger partial charge in [0.1, 0.15) is 0 Å². The quantitative estimate of drug-likeness (QED) is 0.470. The van der Waals surface area contributed by atoms with Gasteiger partial charge in [-0.15, -0.1) is 0 Å². The average Bonchev–Trinajstić information content (AvgIpc) is 3.20. The normalized spacial score (nSPS) is 48.5. The molecule has 0 saturated heterocycles. The molecule has 0 aromatic heterocycles. The summed E-state index contributed by atoms with van der Waals surface area (Å²) in [5.74, 6) is 8.03. The molecule has 4 aliphatic carbocycles. The summed E-state index contributed by atoms with van der Waals surface area (Å²) in [4.78, 5) is 0. The van der Waals surface area contributed by atoms with E-state index in [1.165, 1.54) is 51.4 Å². The molecule has 8 atom stereocenters. The lowest BCUT2D eigenvalue weighted by Crippen LogP contribution is -2.20. The van der Waals surface area contributed by atoms with E-state index in [-0.39, 0.29) is 0 Å². The highest BCUT2D eigenvalue weighted by molar-refractivity contribution is 7.81. The van der Waals surface area contributed by atoms with Crippen LogP contribution in [-0.4, -0.2) is 22.0 Å². The van der Waals surface area contributed by atoms with Gasteiger partial charge >= 0.3 is 0 Å². The van der Waals surface area contributed by atoms with Gasteiger partial charge in [-0.2, -0.15) is 50.5 Å². The molecular weight excluding hydrogens is 344 g/mol. The maximum absolute atomic E-state index is 4.63. The Morgan fingerprint density at radius 2 is 1.36 bits per heavy atom. The van der Waals surface area contributed by atoms with Crippen molar-refractivity contribution in [3.8, 4) is 0 Å². The first-order chi connectivity index (χ1) is 10.6. The third kappa shape index (κ3) is 3.96. The van der Waals surface area contributed by atoms with Crippen LogP contribution >= 0.6 is 50.5 Å². The lowest BCUT2D eigenvalue weighted by molar-refractivity contribution is 0.333. The van der Waals surface area contributed by atoms with Crippen molar-refractivity contribution < 1.29 is 0 Å². The molecule has 8 unspecified atom stereocenters. The molecule has 22 heavy (non-hydrogen) atoms. The second-order valence-corrected chi connectivity index (χ2v) is 10.4. The third-order valence-corrected chi connectivity index (χ3v) is 8.62. The van der Waals surface area contributed by atoms with Crippen molar-refractivity contribution in [2.75, 3.05) is 11.5 Å². The standard InChI is InChI=1S/2C9H16S2/c10-2-1-7-3-6-4-8(7)9(11)5-6;10-2-1-6-3-8-4-7(6)5-9(8)11/h2*6-11H,1-5H2. The van der Waals surface area contributed by atoms with E-state index in [1.807, 2.05) is 0 Å². The van der Waals surface area contributed by atoms with E-state index in [4.69, 9.17) is 0 Å². The molecule has 4 bridgehead atoms. The lowest BCUT2D eigenvalue weighted by atomic mass is 9.86. The number of hydrogen-bond acceptors (Lipinski definition) is 4. The largest absolute Gasteiger partial charge is 0.179 e. The molecule has 4 saturated carbocycles. The first kappa shape index (κ1) is 18.2. The molecule has 0 nitrogen and oxygen atoms in total. The van der Waals surface area contributed by atoms with Crippen molar-refractivity contribution in [1.29, 1.82) is 0 Å². The lowest BCUT2D eigenvalue weighted by Gasteiger charge is -2.25. The van der Waals surface area contributed by atoms with Gasteiger partial charge in [-0.05, 0) is 98.4 Å². The van der Waals surface area contributed by atoms with E-state index in [9.17, 15) is 0 Å². The Morgan fingerprint density at radius 1 is 0.636 bits per heavy atom. The summed E-state index contributed by atoms with van der Waals surface area (Å²) in [6, 6.07) is 0. The van der Waals surface area contributed by atoms with Gasteiger partial charge in [-0.3, -0.25) is 0 Å². The molecule has 0 aromatic rings. The molecule has 4 aliphatic rings. The predicted octanol–water partition coefficient (Wildman–Crippen LogP) is 5.30. The summed E-state index contributed by atoms with van der Waals surface area (Å²) in [7, 11) is 0. The number of fused-ring (bicyclic) bond motifs is 4. The molecule has 4 heteroatoms. The van der Waals surface area contributed by atoms with Gasteiger partial charge in [0.05, 0.1) is 0 Å². The SMILES string of the molecule is SCCC1CC2CC(S)C1C2.SCCC1CC2CC1CC2S. The minimum atomic E-state index is 0.721. The van der Waals surface area contributed by atoms with E-state index in [0.717, 1.165) is 57.5 Å². The summed E-state index contributed by atoms with van der Waals surface area (Å²) >= 11 is 17.8. The van der Waals surface area contributed by atoms with Gasteiger partial charge in [0.2, 0.25) is 0 Å². The highest BCUT2D eigenvalue weighted by Crippen LogP contribution is 2.52. The van der Waals surface area contributed by atoms with E-state index in [2.05, 4.69) is 50.5 Å². The second kappa shape index (κ2) is 8.19. The zero-order valence-electron chi connectivity index (χ0n) is 13.5. The van der Waals surface area contributed by atoms with Crippen molar-refractivity contribution in [3.63, 3.8) is 0 Å². The first-order valence-corrected chi connectivity index (χ1v) is 11.5. The van der Waals surface area contributed by atoms with Gasteiger partial charge in [-0.25, -0.2) is 0 Å². The fourth-order valence-corrected chi connectivity index (χ4v) is 7.68. The summed E-state index contributed by atoms with van der Waals surface area (Å²) in [5, 5.41) is 1.45. The monoisotopic (exact) mass is 376 g/mol. The van der Waals surface area contributed by atoms with E-state index >= 15 is 0 Å². The molecule has 0 amide bonds. The van der Waals surface area contributed by atoms with Gasteiger partial charge < -0.3 is 0 Å². The van der Waals surface area contributed by atoms with Crippen LogP contribution in [0.1, 0.15) is 51.4 Å². The second-order valence-electron chi connectivity index (χ2n) is 8.14. The Balaban J connectivity index is 0.000000131. The zero-order chi connectivity index (χ0) is 15.7. The molecule has 128 valence electrons. The van der Waals surface area contributed by atoms with Crippen molar-refractivity contribution in [1.82, 2.24) is 0 Å². The van der Waals surface area contributed by atoms with E-state index in [1.54, 1.807) is 0 Å². The number of rotatable bonds is 4. The smallest absolute Gasteiger partial charge is 0.00504 e. The molecule has 0 radical (unpaired) electrons. The van der Waals surface area contributed by atoms with Crippen LogP contribution in [0.5, 0.6) is 0 Å². The first-order valence-electron chi connectivity index (χ1n) is 9.20. The average molecular weight is 377 g/mol. The zero-order valence-corrected chi connectivity index (χ0v) is 17.1. The van der Waals surface area contributed by atoms with Crippen molar-refractivity contribution in [2.45, 2.75) is 61.9 Å². The van der Waals surface area contributed by atoms with Crippen LogP contribution in [0.15, 0.2) is 0 Å². The Morgan fingerprint density at radius 3 is 1.86 bits per heavy atom. The fraction of sp³-hybridized carbons (Fsp3) is 1.00. The molecule has 0 heterocycles. The third-order valence-electron chi connectivity index (χ3n) is 6.88. The maximum atomic E-state index is 4.63. The van der Waals surface area contributed by atoms with Gasteiger partial charge in [0.25, 0.3) is 0 Å². The number of hydrogen-bond donors (Lipinski definition) is 4. The summed E-state index contributed by atoms with van der Waals surface area (Å²) < 4.78 is 0. The molecular formula is C18H32S4. The molecule has 0 spiro atoms. The molecule has 0 aromatic carbocycles. The molecule has 0 aliphatic heterocycles. The van der Waals surface area contributed by atoms with Crippen molar-refractivity contribution in [2.24, 2.45) is 35.5 Å². The van der Waals surface area contributed by atoms with Crippen molar-refractivity contribution in [3.05, 3.63) is 0 Å². The minimum Gasteiger partial charge on any atom is -0.179 e. The Hall–Kier alpha value is 1.40. The van der Waals surface area contributed by atoms with E-state index in [0.29, 0.717) is 0 Å². The minimum absolute atomic E-state index is 0.721. The number of thiol groups is 4. The topological polar surface area (TPSA) is 0 Å². The molecule has 4 rings (SSSR count). The Labute approximate surface area is 159 Å². The van der Waals surface area contributed by atoms with Gasteiger partial charge in [0.15, 0.2) is 0 Å². The van der Waals surface area contributed by atoms with Gasteiger partial charge in [0, 0.05) is 10.5 Å². The Kier molecular flexibility index (Phi) is 6.77. The van der Waals surface area contributed by atoms with Crippen LogP contribution in [0.4, 0.5) is 0 Å². The summed E-state index contributed by atoms with van der Waals surface area (Å²) in [6.07, 6.45) is 11.3. The van der Waals surface area contributed by atoms with Crippen LogP contribution in [0.2, 0.25) is 0 Å². The molecule has 0 N–H and O–H groups in total. The van der Waals surface area contributed by atoms with Crippen LogP contribution in [0, 0.1) is 35.5 Å². The Bertz CT molecular complexity index is 359. The van der Waals surface area contributed by atoms with Gasteiger partial charge in [-0.1, -0.05) is 0 Å². The predicted molar refractivity (Wildman–Crippen MR) is 111 cm³/mol. The highest BCUT2D eigenvalue weighted by atomic mass is 32.1. The summed E-state index contributed by atoms with van der Waals surface area (Å²) in [6.45, 7) is 0. The summed E-state index contributed by atoms with van der Waals surface area (Å²) in [5.41, 5.74) is 0. The van der Waals surface area contributed by atoms with Crippen LogP contribution in [0.25, 0.3) is 0 Å². The van der Waals surface area contributed by atoms with Crippen LogP contribution < -0.4 is 0 Å².